The van der Waals surface area contributed by atoms with Crippen molar-refractivity contribution in [2.45, 2.75) is 52.0 Å². The molecule has 5 nitrogen and oxygen atoms in total. The maximum atomic E-state index is 12.3. The predicted octanol–water partition coefficient (Wildman–Crippen LogP) is 0.768. The van der Waals surface area contributed by atoms with Crippen molar-refractivity contribution in [3.05, 3.63) is 0 Å². The van der Waals surface area contributed by atoms with Crippen LogP contribution in [0.5, 0.6) is 0 Å². The quantitative estimate of drug-likeness (QED) is 0.709. The summed E-state index contributed by atoms with van der Waals surface area (Å²) in [6.45, 7) is 3.81. The number of nitrogens with one attached hydrogen (secondary N) is 1. The fraction of sp³-hybridized carbons (Fsp3) is 0.867. The number of carbonyl (C=O) groups excluding carboxylic acids is 2. The van der Waals surface area contributed by atoms with Crippen molar-refractivity contribution in [2.24, 2.45) is 34.6 Å². The summed E-state index contributed by atoms with van der Waals surface area (Å²) in [5.74, 6) is 0.696. The molecule has 0 aromatic rings. The largest absolute Gasteiger partial charge is 0.369 e. The highest BCUT2D eigenvalue weighted by Crippen LogP contribution is 2.41. The average molecular weight is 281 g/mol. The lowest BCUT2D eigenvalue weighted by Gasteiger charge is -2.43. The van der Waals surface area contributed by atoms with Crippen molar-refractivity contribution in [1.29, 1.82) is 0 Å². The van der Waals surface area contributed by atoms with Gasteiger partial charge in [-0.15, -0.1) is 0 Å². The molecule has 114 valence electrons. The van der Waals surface area contributed by atoms with Crippen molar-refractivity contribution in [3.63, 3.8) is 0 Å². The van der Waals surface area contributed by atoms with E-state index in [1.54, 1.807) is 13.8 Å². The van der Waals surface area contributed by atoms with Gasteiger partial charge >= 0.3 is 0 Å². The highest BCUT2D eigenvalue weighted by Gasteiger charge is 2.40. The maximum absolute atomic E-state index is 12.3. The van der Waals surface area contributed by atoms with E-state index < -0.39 is 5.41 Å². The van der Waals surface area contributed by atoms with Crippen LogP contribution in [0.1, 0.15) is 46.0 Å². The lowest BCUT2D eigenvalue weighted by molar-refractivity contribution is -0.130. The Kier molecular flexibility index (Phi) is 4.37. The lowest BCUT2D eigenvalue weighted by Crippen LogP contribution is -2.50. The molecule has 2 unspecified atom stereocenters. The monoisotopic (exact) mass is 281 g/mol. The van der Waals surface area contributed by atoms with Gasteiger partial charge in [-0.2, -0.15) is 0 Å². The molecule has 2 aliphatic rings. The van der Waals surface area contributed by atoms with Crippen LogP contribution in [-0.2, 0) is 9.59 Å². The Morgan fingerprint density at radius 3 is 2.25 bits per heavy atom. The molecule has 0 spiro atoms. The summed E-state index contributed by atoms with van der Waals surface area (Å²) in [5, 5.41) is 2.90. The summed E-state index contributed by atoms with van der Waals surface area (Å²) in [7, 11) is 0. The molecule has 0 radical (unpaired) electrons. The van der Waals surface area contributed by atoms with Crippen molar-refractivity contribution < 1.29 is 9.59 Å². The van der Waals surface area contributed by atoms with Gasteiger partial charge in [0.05, 0.1) is 5.41 Å². The van der Waals surface area contributed by atoms with Crippen LogP contribution in [0.25, 0.3) is 0 Å². The smallest absolute Gasteiger partial charge is 0.224 e. The maximum Gasteiger partial charge on any atom is 0.224 e. The first-order valence-corrected chi connectivity index (χ1v) is 7.64. The standard InChI is InChI=1S/C15H27N3O2/c1-15(2,14(17)20)8-18-13(19)11-6-9-4-3-5-10(7-11)12(9)16/h9-12H,3-8,16H2,1-2H3,(H2,17,20)(H,18,19). The first-order chi connectivity index (χ1) is 9.31. The Balaban J connectivity index is 1.89. The Labute approximate surface area is 120 Å². The molecule has 2 amide bonds. The molecule has 0 saturated heterocycles. The Bertz CT molecular complexity index is 381. The number of hydrogen-bond acceptors (Lipinski definition) is 3. The van der Waals surface area contributed by atoms with Crippen LogP contribution in [-0.4, -0.2) is 24.4 Å². The van der Waals surface area contributed by atoms with Crippen LogP contribution < -0.4 is 16.8 Å². The van der Waals surface area contributed by atoms with Crippen LogP contribution >= 0.6 is 0 Å². The summed E-state index contributed by atoms with van der Waals surface area (Å²) in [6, 6.07) is 0.273. The van der Waals surface area contributed by atoms with Gasteiger partial charge in [0.1, 0.15) is 0 Å². The van der Waals surface area contributed by atoms with Crippen LogP contribution in [0.3, 0.4) is 0 Å². The van der Waals surface area contributed by atoms with Gasteiger partial charge in [0.15, 0.2) is 0 Å². The third kappa shape index (κ3) is 3.14. The van der Waals surface area contributed by atoms with E-state index >= 15 is 0 Å². The SMILES string of the molecule is CC(C)(CNC(=O)C1CC2CCCC(C1)C2N)C(N)=O. The van der Waals surface area contributed by atoms with Gasteiger partial charge in [0, 0.05) is 18.5 Å². The summed E-state index contributed by atoms with van der Waals surface area (Å²) < 4.78 is 0. The summed E-state index contributed by atoms with van der Waals surface area (Å²) >= 11 is 0. The summed E-state index contributed by atoms with van der Waals surface area (Å²) in [5.41, 5.74) is 10.9. The second-order valence-corrected chi connectivity index (χ2v) is 7.16. The van der Waals surface area contributed by atoms with E-state index in [0.717, 1.165) is 25.7 Å². The number of nitrogens with two attached hydrogens (primary N) is 2. The third-order valence-corrected chi connectivity index (χ3v) is 5.16. The molecule has 5 N–H and O–H groups in total. The topological polar surface area (TPSA) is 98.2 Å². The minimum absolute atomic E-state index is 0.0498. The Morgan fingerprint density at radius 2 is 1.75 bits per heavy atom. The molecule has 5 heteroatoms. The van der Waals surface area contributed by atoms with Crippen molar-refractivity contribution >= 4 is 11.8 Å². The molecular weight excluding hydrogens is 254 g/mol. The highest BCUT2D eigenvalue weighted by atomic mass is 16.2. The number of fused-ring (bicyclic) bond motifs is 2. The number of amides is 2. The Hall–Kier alpha value is -1.10. The van der Waals surface area contributed by atoms with Gasteiger partial charge in [0.25, 0.3) is 0 Å². The van der Waals surface area contributed by atoms with Crippen molar-refractivity contribution in [2.75, 3.05) is 6.54 Å². The van der Waals surface area contributed by atoms with E-state index in [1.807, 2.05) is 0 Å². The van der Waals surface area contributed by atoms with E-state index in [0.29, 0.717) is 18.4 Å². The molecule has 2 aliphatic carbocycles. The molecule has 20 heavy (non-hydrogen) atoms. The fourth-order valence-electron chi connectivity index (χ4n) is 3.54. The zero-order valence-corrected chi connectivity index (χ0v) is 12.5. The molecule has 0 heterocycles. The van der Waals surface area contributed by atoms with Gasteiger partial charge in [0.2, 0.25) is 11.8 Å². The molecule has 2 fully saturated rings. The summed E-state index contributed by atoms with van der Waals surface area (Å²) in [4.78, 5) is 23.6. The van der Waals surface area contributed by atoms with E-state index in [4.69, 9.17) is 11.5 Å². The second kappa shape index (κ2) is 5.72. The third-order valence-electron chi connectivity index (χ3n) is 5.16. The highest BCUT2D eigenvalue weighted by molar-refractivity contribution is 5.82. The number of hydrogen-bond donors (Lipinski definition) is 3. The fourth-order valence-corrected chi connectivity index (χ4v) is 3.54. The van der Waals surface area contributed by atoms with Crippen LogP contribution in [0, 0.1) is 23.2 Å². The first kappa shape index (κ1) is 15.3. The van der Waals surface area contributed by atoms with E-state index in [-0.39, 0.29) is 23.8 Å². The van der Waals surface area contributed by atoms with Gasteiger partial charge < -0.3 is 16.8 Å². The van der Waals surface area contributed by atoms with Crippen molar-refractivity contribution in [3.8, 4) is 0 Å². The molecule has 2 rings (SSSR count). The molecule has 0 aromatic heterocycles. The first-order valence-electron chi connectivity index (χ1n) is 7.64. The zero-order chi connectivity index (χ0) is 14.9. The zero-order valence-electron chi connectivity index (χ0n) is 12.5. The van der Waals surface area contributed by atoms with Gasteiger partial charge in [-0.25, -0.2) is 0 Å². The van der Waals surface area contributed by atoms with Gasteiger partial charge in [-0.3, -0.25) is 9.59 Å². The molecular formula is C15H27N3O2. The average Bonchev–Trinajstić information content (AvgIpc) is 2.35. The normalized spacial score (nSPS) is 33.5. The minimum atomic E-state index is -0.698. The van der Waals surface area contributed by atoms with Gasteiger partial charge in [-0.05, 0) is 51.4 Å². The van der Waals surface area contributed by atoms with Gasteiger partial charge in [-0.1, -0.05) is 6.42 Å². The summed E-state index contributed by atoms with van der Waals surface area (Å²) in [6.07, 6.45) is 5.32. The number of primary amides is 1. The number of carbonyl (C=O) groups is 2. The molecule has 2 saturated carbocycles. The molecule has 2 bridgehead atoms. The lowest BCUT2D eigenvalue weighted by atomic mass is 9.65. The van der Waals surface area contributed by atoms with Crippen LogP contribution in [0.4, 0.5) is 0 Å². The van der Waals surface area contributed by atoms with Crippen LogP contribution in [0.2, 0.25) is 0 Å². The number of rotatable bonds is 4. The minimum Gasteiger partial charge on any atom is -0.369 e. The van der Waals surface area contributed by atoms with E-state index in [9.17, 15) is 9.59 Å². The van der Waals surface area contributed by atoms with Crippen molar-refractivity contribution in [1.82, 2.24) is 5.32 Å². The molecule has 0 aromatic carbocycles. The second-order valence-electron chi connectivity index (χ2n) is 7.16. The van der Waals surface area contributed by atoms with E-state index in [1.165, 1.54) is 6.42 Å². The molecule has 0 aliphatic heterocycles. The predicted molar refractivity (Wildman–Crippen MR) is 77.5 cm³/mol. The Morgan fingerprint density at radius 1 is 1.20 bits per heavy atom. The molecule has 2 atom stereocenters. The van der Waals surface area contributed by atoms with Crippen LogP contribution in [0.15, 0.2) is 0 Å². The van der Waals surface area contributed by atoms with E-state index in [2.05, 4.69) is 5.32 Å².